The van der Waals surface area contributed by atoms with Crippen molar-refractivity contribution < 1.29 is 13.2 Å². The number of benzene rings is 2. The summed E-state index contributed by atoms with van der Waals surface area (Å²) in [5, 5.41) is 0.0949. The molecule has 174 valence electrons. The van der Waals surface area contributed by atoms with Gasteiger partial charge in [-0.3, -0.25) is 23.4 Å². The van der Waals surface area contributed by atoms with Gasteiger partial charge in [0.2, 0.25) is 5.91 Å². The largest absolute Gasteiger partial charge is 0.343 e. The van der Waals surface area contributed by atoms with Crippen molar-refractivity contribution >= 4 is 32.5 Å². The van der Waals surface area contributed by atoms with E-state index in [1.54, 1.807) is 29.2 Å². The van der Waals surface area contributed by atoms with Crippen molar-refractivity contribution in [3.63, 3.8) is 0 Å². The van der Waals surface area contributed by atoms with Gasteiger partial charge in [0.15, 0.2) is 0 Å². The Kier molecular flexibility index (Phi) is 6.11. The molecule has 33 heavy (non-hydrogen) atoms. The van der Waals surface area contributed by atoms with Gasteiger partial charge in [-0.1, -0.05) is 17.7 Å². The number of hydrogen-bond acceptors (Lipinski definition) is 5. The summed E-state index contributed by atoms with van der Waals surface area (Å²) in [5.74, 6) is -0.0971. The zero-order chi connectivity index (χ0) is 23.8. The van der Waals surface area contributed by atoms with Crippen molar-refractivity contribution in [1.82, 2.24) is 14.0 Å². The van der Waals surface area contributed by atoms with Gasteiger partial charge in [0, 0.05) is 38.8 Å². The molecule has 1 amide bonds. The van der Waals surface area contributed by atoms with Crippen molar-refractivity contribution in [2.45, 2.75) is 37.6 Å². The summed E-state index contributed by atoms with van der Waals surface area (Å²) >= 11 is 0. The highest BCUT2D eigenvalue weighted by Crippen LogP contribution is 2.19. The predicted octanol–water partition coefficient (Wildman–Crippen LogP) is 1.82. The van der Waals surface area contributed by atoms with Crippen molar-refractivity contribution in [1.29, 1.82) is 0 Å². The molecule has 1 fully saturated rings. The molecule has 9 nitrogen and oxygen atoms in total. The van der Waals surface area contributed by atoms with Crippen LogP contribution in [0.15, 0.2) is 56.9 Å². The molecule has 10 heteroatoms. The summed E-state index contributed by atoms with van der Waals surface area (Å²) in [6.45, 7) is 3.22. The lowest BCUT2D eigenvalue weighted by molar-refractivity contribution is -0.130. The molecule has 3 aromatic rings. The van der Waals surface area contributed by atoms with Gasteiger partial charge in [0.05, 0.1) is 15.8 Å². The van der Waals surface area contributed by atoms with E-state index >= 15 is 0 Å². The van der Waals surface area contributed by atoms with Crippen LogP contribution in [0, 0.1) is 6.92 Å². The van der Waals surface area contributed by atoms with Gasteiger partial charge < -0.3 is 4.90 Å². The maximum atomic E-state index is 13.1. The third kappa shape index (κ3) is 4.56. The first-order valence-corrected chi connectivity index (χ1v) is 12.3. The molecule has 0 bridgehead atoms. The summed E-state index contributed by atoms with van der Waals surface area (Å²) in [5.41, 5.74) is 0.554. The van der Waals surface area contributed by atoms with E-state index in [-0.39, 0.29) is 29.2 Å². The minimum Gasteiger partial charge on any atom is -0.343 e. The Morgan fingerprint density at radius 1 is 1.03 bits per heavy atom. The molecule has 0 spiro atoms. The zero-order valence-electron chi connectivity index (χ0n) is 18.6. The number of nitrogens with one attached hydrogen (secondary N) is 1. The predicted molar refractivity (Wildman–Crippen MR) is 126 cm³/mol. The SMILES string of the molecule is Cc1ccc(NS(=O)(=O)c2ccc3c(c2)c(=O)n(CCC(=O)N2CCCC2)c(=O)n3C)cc1. The van der Waals surface area contributed by atoms with Crippen molar-refractivity contribution in [2.24, 2.45) is 7.05 Å². The molecule has 1 aliphatic rings. The van der Waals surface area contributed by atoms with Crippen molar-refractivity contribution in [3.05, 3.63) is 68.9 Å². The van der Waals surface area contributed by atoms with Crippen LogP contribution in [0.1, 0.15) is 24.8 Å². The van der Waals surface area contributed by atoms with E-state index in [9.17, 15) is 22.8 Å². The second-order valence-corrected chi connectivity index (χ2v) is 9.97. The molecular formula is C23H26N4O5S. The Balaban J connectivity index is 1.68. The van der Waals surface area contributed by atoms with E-state index in [1.165, 1.54) is 29.8 Å². The molecule has 2 heterocycles. The fourth-order valence-corrected chi connectivity index (χ4v) is 5.11. The average molecular weight is 471 g/mol. The van der Waals surface area contributed by atoms with Crippen LogP contribution in [0.4, 0.5) is 5.69 Å². The van der Waals surface area contributed by atoms with Gasteiger partial charge in [0.25, 0.3) is 15.6 Å². The first-order chi connectivity index (χ1) is 15.7. The molecule has 0 aliphatic carbocycles. The molecule has 1 aliphatic heterocycles. The van der Waals surface area contributed by atoms with E-state index in [0.717, 1.165) is 23.0 Å². The van der Waals surface area contributed by atoms with Crippen LogP contribution in [0.5, 0.6) is 0 Å². The Morgan fingerprint density at radius 2 is 1.70 bits per heavy atom. The highest BCUT2D eigenvalue weighted by Gasteiger charge is 2.21. The molecule has 1 aromatic heterocycles. The maximum Gasteiger partial charge on any atom is 0.331 e. The molecule has 0 unspecified atom stereocenters. The van der Waals surface area contributed by atoms with Crippen LogP contribution >= 0.6 is 0 Å². The Hall–Kier alpha value is -3.40. The van der Waals surface area contributed by atoms with Crippen LogP contribution in [0.3, 0.4) is 0 Å². The Labute approximate surface area is 191 Å². The Bertz CT molecular complexity index is 1430. The van der Waals surface area contributed by atoms with E-state index < -0.39 is 21.3 Å². The van der Waals surface area contributed by atoms with E-state index in [1.807, 2.05) is 6.92 Å². The third-order valence-corrected chi connectivity index (χ3v) is 7.32. The van der Waals surface area contributed by atoms with Crippen LogP contribution < -0.4 is 16.0 Å². The molecule has 0 saturated carbocycles. The summed E-state index contributed by atoms with van der Waals surface area (Å²) in [6.07, 6.45) is 1.95. The van der Waals surface area contributed by atoms with Crippen LogP contribution in [-0.2, 0) is 28.4 Å². The van der Waals surface area contributed by atoms with Gasteiger partial charge in [-0.2, -0.15) is 0 Å². The van der Waals surface area contributed by atoms with Gasteiger partial charge in [0.1, 0.15) is 0 Å². The molecule has 2 aromatic carbocycles. The molecule has 0 radical (unpaired) electrons. The summed E-state index contributed by atoms with van der Waals surface area (Å²) in [6, 6.07) is 11.0. The van der Waals surface area contributed by atoms with Crippen molar-refractivity contribution in [3.8, 4) is 0 Å². The Morgan fingerprint density at radius 3 is 2.36 bits per heavy atom. The van der Waals surface area contributed by atoms with E-state index in [4.69, 9.17) is 0 Å². The number of anilines is 1. The summed E-state index contributed by atoms with van der Waals surface area (Å²) < 4.78 is 30.6. The second kappa shape index (κ2) is 8.86. The second-order valence-electron chi connectivity index (χ2n) is 8.29. The number of amides is 1. The average Bonchev–Trinajstić information content (AvgIpc) is 3.33. The number of rotatable bonds is 6. The third-order valence-electron chi connectivity index (χ3n) is 5.94. The van der Waals surface area contributed by atoms with Gasteiger partial charge in [-0.05, 0) is 50.1 Å². The topological polar surface area (TPSA) is 110 Å². The first-order valence-electron chi connectivity index (χ1n) is 10.8. The maximum absolute atomic E-state index is 13.1. The number of aryl methyl sites for hydroxylation is 2. The molecule has 1 N–H and O–H groups in total. The lowest BCUT2D eigenvalue weighted by Gasteiger charge is -2.16. The lowest BCUT2D eigenvalue weighted by atomic mass is 10.2. The number of fused-ring (bicyclic) bond motifs is 1. The minimum absolute atomic E-state index is 0.0353. The fourth-order valence-electron chi connectivity index (χ4n) is 4.03. The lowest BCUT2D eigenvalue weighted by Crippen LogP contribution is -2.40. The number of nitrogens with zero attached hydrogens (tertiary/aromatic N) is 3. The van der Waals surface area contributed by atoms with Crippen LogP contribution in [0.2, 0.25) is 0 Å². The van der Waals surface area contributed by atoms with Gasteiger partial charge in [-0.15, -0.1) is 0 Å². The number of sulfonamides is 1. The minimum atomic E-state index is -3.95. The molecular weight excluding hydrogens is 444 g/mol. The van der Waals surface area contributed by atoms with Crippen LogP contribution in [-0.4, -0.2) is 41.4 Å². The summed E-state index contributed by atoms with van der Waals surface area (Å²) in [4.78, 5) is 39.9. The molecule has 0 atom stereocenters. The van der Waals surface area contributed by atoms with Crippen molar-refractivity contribution in [2.75, 3.05) is 17.8 Å². The molecule has 4 rings (SSSR count). The number of carbonyl (C=O) groups is 1. The number of aromatic nitrogens is 2. The van der Waals surface area contributed by atoms with Crippen LogP contribution in [0.25, 0.3) is 10.9 Å². The normalized spacial score (nSPS) is 14.1. The highest BCUT2D eigenvalue weighted by molar-refractivity contribution is 7.92. The first kappa shape index (κ1) is 22.8. The smallest absolute Gasteiger partial charge is 0.331 e. The number of hydrogen-bond donors (Lipinski definition) is 1. The summed E-state index contributed by atoms with van der Waals surface area (Å²) in [7, 11) is -2.44. The molecule has 1 saturated heterocycles. The van der Waals surface area contributed by atoms with E-state index in [0.29, 0.717) is 24.3 Å². The quantitative estimate of drug-likeness (QED) is 0.591. The number of likely N-dealkylation sites (tertiary alicyclic amines) is 1. The number of carbonyl (C=O) groups excluding carboxylic acids is 1. The monoisotopic (exact) mass is 470 g/mol. The van der Waals surface area contributed by atoms with Gasteiger partial charge in [-0.25, -0.2) is 13.2 Å². The van der Waals surface area contributed by atoms with E-state index in [2.05, 4.69) is 4.72 Å². The standard InChI is InChI=1S/C23H26N4O5S/c1-16-5-7-17(8-6-16)24-33(31,32)18-9-10-20-19(15-18)22(29)27(23(30)25(20)2)14-11-21(28)26-12-3-4-13-26/h5-10,15,24H,3-4,11-14H2,1-2H3. The zero-order valence-corrected chi connectivity index (χ0v) is 19.4. The fraction of sp³-hybridized carbons (Fsp3) is 0.348. The van der Waals surface area contributed by atoms with Gasteiger partial charge >= 0.3 is 5.69 Å². The highest BCUT2D eigenvalue weighted by atomic mass is 32.2.